The van der Waals surface area contributed by atoms with E-state index in [0.29, 0.717) is 12.3 Å². The molecule has 0 aromatic heterocycles. The van der Waals surface area contributed by atoms with Crippen LogP contribution in [0.4, 0.5) is 8.78 Å². The van der Waals surface area contributed by atoms with Crippen molar-refractivity contribution in [3.05, 3.63) is 71.3 Å². The lowest BCUT2D eigenvalue weighted by Gasteiger charge is -2.17. The number of rotatable bonds is 5. The Kier molecular flexibility index (Phi) is 13.1. The number of alkyl halides is 2. The molecule has 0 bridgehead atoms. The second kappa shape index (κ2) is 14.4. The molecule has 3 rings (SSSR count). The molecule has 1 atom stereocenters. The van der Waals surface area contributed by atoms with Crippen molar-refractivity contribution >= 4 is 12.6 Å². The SMILES string of the molecule is C.CC(F)(F)c1cccc(C2CCN(Cc3ccccc3)C2)c1.CC=N.CNC=O. The number of nitrogens with zero attached hydrogens (tertiary/aromatic N) is 1. The minimum absolute atomic E-state index is 0. The number of amides is 1. The standard InChI is InChI=1S/C19H21F2N.C2H5NO.C2H5N.CH4/c1-19(20,21)18-9-5-8-16(12-18)17-10-11-22(14-17)13-15-6-3-2-4-7-15;1-3-2-4;1-2-3;/h2-9,12,17H,10-11,13-14H2,1H3;2H,1H3,(H,3,4);2-3H,1H3;1H4. The Morgan fingerprint density at radius 1 is 1.20 bits per heavy atom. The molecular formula is C24H35F2N3O. The molecular weight excluding hydrogens is 384 g/mol. The van der Waals surface area contributed by atoms with Crippen LogP contribution in [-0.4, -0.2) is 37.7 Å². The van der Waals surface area contributed by atoms with Crippen LogP contribution in [0.2, 0.25) is 0 Å². The van der Waals surface area contributed by atoms with Gasteiger partial charge in [-0.3, -0.25) is 9.69 Å². The van der Waals surface area contributed by atoms with Crippen LogP contribution in [0.5, 0.6) is 0 Å². The van der Waals surface area contributed by atoms with Crippen LogP contribution >= 0.6 is 0 Å². The molecule has 30 heavy (non-hydrogen) atoms. The van der Waals surface area contributed by atoms with Crippen LogP contribution in [0, 0.1) is 5.41 Å². The predicted octanol–water partition coefficient (Wildman–Crippen LogP) is 5.44. The fourth-order valence-electron chi connectivity index (χ4n) is 3.16. The molecule has 0 radical (unpaired) electrons. The predicted molar refractivity (Wildman–Crippen MR) is 121 cm³/mol. The maximum Gasteiger partial charge on any atom is 0.270 e. The molecule has 1 saturated heterocycles. The van der Waals surface area contributed by atoms with Gasteiger partial charge in [0.25, 0.3) is 5.92 Å². The van der Waals surface area contributed by atoms with Gasteiger partial charge in [0.2, 0.25) is 6.41 Å². The van der Waals surface area contributed by atoms with Crippen molar-refractivity contribution in [3.63, 3.8) is 0 Å². The van der Waals surface area contributed by atoms with Gasteiger partial charge in [0.05, 0.1) is 0 Å². The molecule has 2 aromatic rings. The van der Waals surface area contributed by atoms with Gasteiger partial charge in [0, 0.05) is 32.6 Å². The Balaban J connectivity index is 0.000000925. The third kappa shape index (κ3) is 9.74. The highest BCUT2D eigenvalue weighted by Crippen LogP contribution is 2.33. The first-order valence-electron chi connectivity index (χ1n) is 9.66. The van der Waals surface area contributed by atoms with Gasteiger partial charge in [0.15, 0.2) is 0 Å². The van der Waals surface area contributed by atoms with Gasteiger partial charge in [-0.2, -0.15) is 0 Å². The first-order valence-corrected chi connectivity index (χ1v) is 9.66. The third-order valence-corrected chi connectivity index (χ3v) is 4.50. The summed E-state index contributed by atoms with van der Waals surface area (Å²) in [6.07, 6.45) is 2.91. The Morgan fingerprint density at radius 2 is 1.80 bits per heavy atom. The van der Waals surface area contributed by atoms with E-state index in [0.717, 1.165) is 38.5 Å². The molecule has 1 heterocycles. The third-order valence-electron chi connectivity index (χ3n) is 4.50. The number of carbonyl (C=O) groups excluding carboxylic acids is 1. The Bertz CT molecular complexity index is 733. The molecule has 0 aliphatic carbocycles. The minimum Gasteiger partial charge on any atom is -0.362 e. The smallest absolute Gasteiger partial charge is 0.270 e. The largest absolute Gasteiger partial charge is 0.362 e. The zero-order chi connectivity index (χ0) is 21.7. The summed E-state index contributed by atoms with van der Waals surface area (Å²) in [5.74, 6) is -2.41. The second-order valence-electron chi connectivity index (χ2n) is 6.92. The van der Waals surface area contributed by atoms with Gasteiger partial charge in [-0.25, -0.2) is 8.78 Å². The molecule has 1 aliphatic rings. The molecule has 1 unspecified atom stereocenters. The summed E-state index contributed by atoms with van der Waals surface area (Å²) in [5.41, 5.74) is 2.46. The molecule has 1 fully saturated rings. The lowest BCUT2D eigenvalue weighted by molar-refractivity contribution is -0.109. The highest BCUT2D eigenvalue weighted by atomic mass is 19.3. The average molecular weight is 420 g/mol. The highest BCUT2D eigenvalue weighted by molar-refractivity contribution is 5.48. The van der Waals surface area contributed by atoms with E-state index in [1.54, 1.807) is 26.1 Å². The number of hydrogen-bond donors (Lipinski definition) is 2. The highest BCUT2D eigenvalue weighted by Gasteiger charge is 2.28. The van der Waals surface area contributed by atoms with Crippen molar-refractivity contribution in [2.75, 3.05) is 20.1 Å². The van der Waals surface area contributed by atoms with Gasteiger partial charge in [-0.1, -0.05) is 56.0 Å². The van der Waals surface area contributed by atoms with E-state index < -0.39 is 5.92 Å². The quantitative estimate of drug-likeness (QED) is 0.501. The van der Waals surface area contributed by atoms with E-state index in [1.165, 1.54) is 17.8 Å². The molecule has 0 saturated carbocycles. The van der Waals surface area contributed by atoms with Crippen LogP contribution in [-0.2, 0) is 17.3 Å². The minimum atomic E-state index is -2.77. The first kappa shape index (κ1) is 27.4. The van der Waals surface area contributed by atoms with Gasteiger partial charge in [0.1, 0.15) is 0 Å². The number of halogens is 2. The zero-order valence-corrected chi connectivity index (χ0v) is 17.4. The molecule has 2 N–H and O–H groups in total. The Labute approximate surface area is 179 Å². The molecule has 6 heteroatoms. The summed E-state index contributed by atoms with van der Waals surface area (Å²) in [7, 11) is 1.56. The number of benzene rings is 2. The monoisotopic (exact) mass is 419 g/mol. The van der Waals surface area contributed by atoms with Gasteiger partial charge >= 0.3 is 0 Å². The summed E-state index contributed by atoms with van der Waals surface area (Å²) in [5, 5.41) is 8.33. The van der Waals surface area contributed by atoms with Crippen molar-refractivity contribution in [3.8, 4) is 0 Å². The lowest BCUT2D eigenvalue weighted by atomic mass is 9.95. The van der Waals surface area contributed by atoms with Crippen LogP contribution in [0.15, 0.2) is 54.6 Å². The van der Waals surface area contributed by atoms with E-state index in [-0.39, 0.29) is 13.0 Å². The molecule has 4 nitrogen and oxygen atoms in total. The van der Waals surface area contributed by atoms with Crippen molar-refractivity contribution in [2.45, 2.75) is 46.1 Å². The second-order valence-corrected chi connectivity index (χ2v) is 6.92. The fourth-order valence-corrected chi connectivity index (χ4v) is 3.16. The average Bonchev–Trinajstić information content (AvgIpc) is 3.17. The number of carbonyl (C=O) groups is 1. The lowest BCUT2D eigenvalue weighted by Crippen LogP contribution is -2.19. The maximum absolute atomic E-state index is 13.5. The van der Waals surface area contributed by atoms with Crippen molar-refractivity contribution in [1.82, 2.24) is 10.2 Å². The normalized spacial score (nSPS) is 15.4. The number of likely N-dealkylation sites (tertiary alicyclic amines) is 1. The number of hydrogen-bond acceptors (Lipinski definition) is 3. The van der Waals surface area contributed by atoms with E-state index in [1.807, 2.05) is 12.1 Å². The van der Waals surface area contributed by atoms with Crippen LogP contribution in [0.1, 0.15) is 50.3 Å². The van der Waals surface area contributed by atoms with Crippen LogP contribution < -0.4 is 5.32 Å². The van der Waals surface area contributed by atoms with E-state index >= 15 is 0 Å². The van der Waals surface area contributed by atoms with E-state index in [4.69, 9.17) is 10.2 Å². The topological polar surface area (TPSA) is 56.2 Å². The summed E-state index contributed by atoms with van der Waals surface area (Å²) in [6.45, 7) is 5.52. The zero-order valence-electron chi connectivity index (χ0n) is 17.4. The van der Waals surface area contributed by atoms with Gasteiger partial charge in [-0.15, -0.1) is 0 Å². The van der Waals surface area contributed by atoms with Gasteiger partial charge in [-0.05, 0) is 49.2 Å². The van der Waals surface area contributed by atoms with Crippen molar-refractivity contribution < 1.29 is 13.6 Å². The molecule has 0 spiro atoms. The summed E-state index contributed by atoms with van der Waals surface area (Å²) in [6, 6.07) is 17.3. The summed E-state index contributed by atoms with van der Waals surface area (Å²) in [4.78, 5) is 11.5. The molecule has 1 aliphatic heterocycles. The Morgan fingerprint density at radius 3 is 2.33 bits per heavy atom. The number of nitrogens with one attached hydrogen (secondary N) is 2. The van der Waals surface area contributed by atoms with E-state index in [2.05, 4.69) is 34.5 Å². The van der Waals surface area contributed by atoms with E-state index in [9.17, 15) is 8.78 Å². The maximum atomic E-state index is 13.5. The molecule has 1 amide bonds. The Hall–Kier alpha value is -2.60. The van der Waals surface area contributed by atoms with Crippen LogP contribution in [0.25, 0.3) is 0 Å². The first-order chi connectivity index (χ1) is 13.8. The molecule has 166 valence electrons. The summed E-state index contributed by atoms with van der Waals surface area (Å²) >= 11 is 0. The summed E-state index contributed by atoms with van der Waals surface area (Å²) < 4.78 is 27.0. The van der Waals surface area contributed by atoms with Crippen LogP contribution in [0.3, 0.4) is 0 Å². The molecule has 2 aromatic carbocycles. The fraction of sp³-hybridized carbons (Fsp3) is 0.417. The van der Waals surface area contributed by atoms with Gasteiger partial charge < -0.3 is 10.7 Å². The van der Waals surface area contributed by atoms with Crippen molar-refractivity contribution in [2.24, 2.45) is 0 Å². The van der Waals surface area contributed by atoms with Crippen molar-refractivity contribution in [1.29, 1.82) is 5.41 Å².